The summed E-state index contributed by atoms with van der Waals surface area (Å²) in [6.45, 7) is 2.08. The fourth-order valence-electron chi connectivity index (χ4n) is 1.74. The molecule has 0 unspecified atom stereocenters. The number of ether oxygens (including phenoxy) is 1. The van der Waals surface area contributed by atoms with E-state index in [1.54, 1.807) is 7.05 Å². The van der Waals surface area contributed by atoms with E-state index in [0.717, 1.165) is 19.3 Å². The zero-order valence-electron chi connectivity index (χ0n) is 12.3. The second-order valence-electron chi connectivity index (χ2n) is 4.69. The minimum Gasteiger partial charge on any atom is -0.482 e. The number of sulfonamides is 1. The summed E-state index contributed by atoms with van der Waals surface area (Å²) in [5, 5.41) is 8.51. The standard InChI is InChI=1S/C14H21NO5S/c1-3-4-5-10-15(2)21(18,19)13-8-6-12(7-9-13)20-11-14(16)17/h6-9H,3-5,10-11H2,1-2H3,(H,16,17). The normalized spacial score (nSPS) is 11.6. The molecule has 21 heavy (non-hydrogen) atoms. The smallest absolute Gasteiger partial charge is 0.341 e. The molecule has 0 saturated heterocycles. The molecule has 0 spiro atoms. The second kappa shape index (κ2) is 7.99. The van der Waals surface area contributed by atoms with Crippen molar-refractivity contribution in [3.63, 3.8) is 0 Å². The van der Waals surface area contributed by atoms with Gasteiger partial charge in [0, 0.05) is 13.6 Å². The van der Waals surface area contributed by atoms with Gasteiger partial charge in [-0.2, -0.15) is 0 Å². The third-order valence-corrected chi connectivity index (χ3v) is 4.84. The number of rotatable bonds is 9. The summed E-state index contributed by atoms with van der Waals surface area (Å²) in [5.41, 5.74) is 0. The highest BCUT2D eigenvalue weighted by atomic mass is 32.2. The summed E-state index contributed by atoms with van der Waals surface area (Å²) in [5.74, 6) is -0.757. The van der Waals surface area contributed by atoms with Crippen molar-refractivity contribution in [1.82, 2.24) is 4.31 Å². The van der Waals surface area contributed by atoms with E-state index in [4.69, 9.17) is 9.84 Å². The summed E-state index contributed by atoms with van der Waals surface area (Å²) in [4.78, 5) is 10.6. The Morgan fingerprint density at radius 2 is 1.86 bits per heavy atom. The third kappa shape index (κ3) is 5.35. The summed E-state index contributed by atoms with van der Waals surface area (Å²) >= 11 is 0. The molecule has 0 fully saturated rings. The van der Waals surface area contributed by atoms with Crippen LogP contribution >= 0.6 is 0 Å². The van der Waals surface area contributed by atoms with Crippen LogP contribution in [-0.4, -0.2) is 44.0 Å². The lowest BCUT2D eigenvalue weighted by molar-refractivity contribution is -0.139. The Labute approximate surface area is 125 Å². The monoisotopic (exact) mass is 315 g/mol. The molecule has 118 valence electrons. The van der Waals surface area contributed by atoms with E-state index in [-0.39, 0.29) is 4.90 Å². The van der Waals surface area contributed by atoms with Crippen LogP contribution in [0.4, 0.5) is 0 Å². The van der Waals surface area contributed by atoms with Gasteiger partial charge in [0.1, 0.15) is 5.75 Å². The maximum atomic E-state index is 12.3. The molecule has 0 saturated carbocycles. The summed E-state index contributed by atoms with van der Waals surface area (Å²) in [6, 6.07) is 5.75. The minimum absolute atomic E-state index is 0.171. The molecular weight excluding hydrogens is 294 g/mol. The van der Waals surface area contributed by atoms with Gasteiger partial charge in [-0.25, -0.2) is 17.5 Å². The topological polar surface area (TPSA) is 83.9 Å². The molecular formula is C14H21NO5S. The summed E-state index contributed by atoms with van der Waals surface area (Å²) in [6.07, 6.45) is 2.84. The molecule has 1 N–H and O–H groups in total. The molecule has 1 aromatic carbocycles. The van der Waals surface area contributed by atoms with Crippen LogP contribution in [0, 0.1) is 0 Å². The van der Waals surface area contributed by atoms with Crippen molar-refractivity contribution in [2.45, 2.75) is 31.1 Å². The molecule has 1 aromatic rings. The first-order chi connectivity index (χ1) is 9.87. The molecule has 6 nitrogen and oxygen atoms in total. The van der Waals surface area contributed by atoms with Crippen LogP contribution in [0.15, 0.2) is 29.2 Å². The number of carbonyl (C=O) groups is 1. The SMILES string of the molecule is CCCCCN(C)S(=O)(=O)c1ccc(OCC(=O)O)cc1. The lowest BCUT2D eigenvalue weighted by Gasteiger charge is -2.17. The van der Waals surface area contributed by atoms with Gasteiger partial charge in [-0.3, -0.25) is 0 Å². The van der Waals surface area contributed by atoms with E-state index in [2.05, 4.69) is 6.92 Å². The number of hydrogen-bond acceptors (Lipinski definition) is 4. The average Bonchev–Trinajstić information content (AvgIpc) is 2.45. The highest BCUT2D eigenvalue weighted by molar-refractivity contribution is 7.89. The van der Waals surface area contributed by atoms with Crippen LogP contribution in [-0.2, 0) is 14.8 Å². The van der Waals surface area contributed by atoms with Gasteiger partial charge in [0.05, 0.1) is 4.90 Å². The molecule has 0 heterocycles. The van der Waals surface area contributed by atoms with Crippen molar-refractivity contribution >= 4 is 16.0 Å². The van der Waals surface area contributed by atoms with E-state index >= 15 is 0 Å². The number of unbranched alkanes of at least 4 members (excludes halogenated alkanes) is 2. The largest absolute Gasteiger partial charge is 0.482 e. The van der Waals surface area contributed by atoms with Crippen molar-refractivity contribution in [3.05, 3.63) is 24.3 Å². The Hall–Kier alpha value is -1.60. The first-order valence-electron chi connectivity index (χ1n) is 6.79. The molecule has 0 aliphatic carbocycles. The zero-order chi connectivity index (χ0) is 15.9. The van der Waals surface area contributed by atoms with Gasteiger partial charge in [-0.05, 0) is 30.7 Å². The molecule has 0 radical (unpaired) electrons. The number of nitrogens with zero attached hydrogens (tertiary/aromatic N) is 1. The molecule has 0 amide bonds. The van der Waals surface area contributed by atoms with Gasteiger partial charge in [0.2, 0.25) is 10.0 Å². The van der Waals surface area contributed by atoms with Crippen molar-refractivity contribution in [2.75, 3.05) is 20.2 Å². The van der Waals surface area contributed by atoms with E-state index < -0.39 is 22.6 Å². The molecule has 0 aromatic heterocycles. The van der Waals surface area contributed by atoms with E-state index in [0.29, 0.717) is 12.3 Å². The van der Waals surface area contributed by atoms with Crippen LogP contribution in [0.5, 0.6) is 5.75 Å². The summed E-state index contributed by atoms with van der Waals surface area (Å²) in [7, 11) is -1.95. The van der Waals surface area contributed by atoms with Crippen LogP contribution in [0.3, 0.4) is 0 Å². The molecule has 0 aliphatic heterocycles. The summed E-state index contributed by atoms with van der Waals surface area (Å²) < 4.78 is 30.9. The Morgan fingerprint density at radius 3 is 2.38 bits per heavy atom. The van der Waals surface area contributed by atoms with Crippen LogP contribution in [0.2, 0.25) is 0 Å². The van der Waals surface area contributed by atoms with Gasteiger partial charge in [0.25, 0.3) is 0 Å². The lowest BCUT2D eigenvalue weighted by Crippen LogP contribution is -2.27. The number of carboxylic acids is 1. The Bertz CT molecular complexity index is 553. The molecule has 1 rings (SSSR count). The average molecular weight is 315 g/mol. The molecule has 7 heteroatoms. The highest BCUT2D eigenvalue weighted by Gasteiger charge is 2.20. The van der Waals surface area contributed by atoms with Gasteiger partial charge in [0.15, 0.2) is 6.61 Å². The second-order valence-corrected chi connectivity index (χ2v) is 6.73. The van der Waals surface area contributed by atoms with E-state index in [9.17, 15) is 13.2 Å². The molecule has 0 aliphatic rings. The molecule has 0 bridgehead atoms. The van der Waals surface area contributed by atoms with Crippen molar-refractivity contribution in [3.8, 4) is 5.75 Å². The predicted octanol–water partition coefficient (Wildman–Crippen LogP) is 1.96. The van der Waals surface area contributed by atoms with Gasteiger partial charge < -0.3 is 9.84 Å². The van der Waals surface area contributed by atoms with Crippen molar-refractivity contribution < 1.29 is 23.1 Å². The van der Waals surface area contributed by atoms with Crippen LogP contribution < -0.4 is 4.74 Å². The van der Waals surface area contributed by atoms with E-state index in [1.165, 1.54) is 28.6 Å². The zero-order valence-corrected chi connectivity index (χ0v) is 13.1. The van der Waals surface area contributed by atoms with Crippen molar-refractivity contribution in [1.29, 1.82) is 0 Å². The highest BCUT2D eigenvalue weighted by Crippen LogP contribution is 2.19. The van der Waals surface area contributed by atoms with Gasteiger partial charge in [-0.1, -0.05) is 19.8 Å². The number of benzene rings is 1. The third-order valence-electron chi connectivity index (χ3n) is 2.97. The predicted molar refractivity (Wildman–Crippen MR) is 78.9 cm³/mol. The maximum absolute atomic E-state index is 12.3. The van der Waals surface area contributed by atoms with Crippen LogP contribution in [0.25, 0.3) is 0 Å². The van der Waals surface area contributed by atoms with Gasteiger partial charge in [-0.15, -0.1) is 0 Å². The first kappa shape index (κ1) is 17.5. The van der Waals surface area contributed by atoms with Crippen LogP contribution in [0.1, 0.15) is 26.2 Å². The number of carboxylic acid groups (broad SMARTS) is 1. The Balaban J connectivity index is 2.72. The number of hydrogen-bond donors (Lipinski definition) is 1. The van der Waals surface area contributed by atoms with Crippen molar-refractivity contribution in [2.24, 2.45) is 0 Å². The Morgan fingerprint density at radius 1 is 1.24 bits per heavy atom. The lowest BCUT2D eigenvalue weighted by atomic mass is 10.2. The number of aliphatic carboxylic acids is 1. The Kier molecular flexibility index (Phi) is 6.64. The van der Waals surface area contributed by atoms with Gasteiger partial charge >= 0.3 is 5.97 Å². The molecule has 0 atom stereocenters. The van der Waals surface area contributed by atoms with E-state index in [1.807, 2.05) is 0 Å². The minimum atomic E-state index is -3.51. The fourth-order valence-corrected chi connectivity index (χ4v) is 2.95. The first-order valence-corrected chi connectivity index (χ1v) is 8.23. The quantitative estimate of drug-likeness (QED) is 0.704. The maximum Gasteiger partial charge on any atom is 0.341 e. The fraction of sp³-hybridized carbons (Fsp3) is 0.500.